The number of hydrogen-bond donors (Lipinski definition) is 1. The second-order valence-electron chi connectivity index (χ2n) is 5.74. The summed E-state index contributed by atoms with van der Waals surface area (Å²) in [5.74, 6) is 2.86. The van der Waals surface area contributed by atoms with Crippen LogP contribution in [0.2, 0.25) is 0 Å². The molecule has 1 aliphatic rings. The van der Waals surface area contributed by atoms with Crippen LogP contribution in [0.5, 0.6) is 0 Å². The fourth-order valence-corrected chi connectivity index (χ4v) is 3.40. The van der Waals surface area contributed by atoms with Gasteiger partial charge in [0.1, 0.15) is 0 Å². The van der Waals surface area contributed by atoms with Crippen LogP contribution in [-0.2, 0) is 0 Å². The summed E-state index contributed by atoms with van der Waals surface area (Å²) in [6, 6.07) is 0.786. The van der Waals surface area contributed by atoms with Crippen LogP contribution >= 0.6 is 0 Å². The minimum Gasteiger partial charge on any atom is -0.317 e. The fraction of sp³-hybridized carbons (Fsp3) is 1.00. The molecule has 96 valence electrons. The van der Waals surface area contributed by atoms with Crippen LogP contribution in [-0.4, -0.2) is 13.1 Å². The summed E-state index contributed by atoms with van der Waals surface area (Å²) in [5, 5.41) is 3.48. The lowest BCUT2D eigenvalue weighted by molar-refractivity contribution is 0.279. The van der Waals surface area contributed by atoms with Gasteiger partial charge in [0.2, 0.25) is 0 Å². The lowest BCUT2D eigenvalue weighted by Crippen LogP contribution is -2.29. The van der Waals surface area contributed by atoms with Gasteiger partial charge >= 0.3 is 0 Å². The zero-order chi connectivity index (χ0) is 12.0. The van der Waals surface area contributed by atoms with E-state index in [0.717, 1.165) is 23.8 Å². The van der Waals surface area contributed by atoms with Gasteiger partial charge in [0.15, 0.2) is 0 Å². The Bertz CT molecular complexity index is 178. The molecule has 0 amide bonds. The molecule has 0 bridgehead atoms. The number of hydrogen-bond acceptors (Lipinski definition) is 1. The van der Waals surface area contributed by atoms with E-state index in [4.69, 9.17) is 0 Å². The summed E-state index contributed by atoms with van der Waals surface area (Å²) in [4.78, 5) is 0. The van der Waals surface area contributed by atoms with Gasteiger partial charge in [-0.05, 0) is 44.1 Å². The Morgan fingerprint density at radius 1 is 1.25 bits per heavy atom. The van der Waals surface area contributed by atoms with Crippen LogP contribution in [0.15, 0.2) is 0 Å². The molecular weight excluding hydrogens is 194 g/mol. The summed E-state index contributed by atoms with van der Waals surface area (Å²) in [6.07, 6.45) is 9.95. The van der Waals surface area contributed by atoms with Crippen molar-refractivity contribution in [3.63, 3.8) is 0 Å². The smallest absolute Gasteiger partial charge is 0.00924 e. The third-order valence-electron chi connectivity index (χ3n) is 4.78. The third-order valence-corrected chi connectivity index (χ3v) is 4.78. The number of rotatable bonds is 7. The van der Waals surface area contributed by atoms with Crippen molar-refractivity contribution in [2.24, 2.45) is 17.8 Å². The van der Waals surface area contributed by atoms with Gasteiger partial charge in [0, 0.05) is 6.04 Å². The van der Waals surface area contributed by atoms with Gasteiger partial charge in [0.25, 0.3) is 0 Å². The minimum atomic E-state index is 0.786. The molecule has 1 N–H and O–H groups in total. The van der Waals surface area contributed by atoms with Crippen molar-refractivity contribution in [1.29, 1.82) is 0 Å². The first-order chi connectivity index (χ1) is 7.72. The van der Waals surface area contributed by atoms with E-state index in [1.165, 1.54) is 44.9 Å². The molecule has 1 aliphatic carbocycles. The highest BCUT2D eigenvalue weighted by molar-refractivity contribution is 4.87. The van der Waals surface area contributed by atoms with E-state index in [0.29, 0.717) is 0 Å². The molecule has 0 aromatic carbocycles. The van der Waals surface area contributed by atoms with Crippen molar-refractivity contribution in [2.75, 3.05) is 7.05 Å². The molecule has 0 spiro atoms. The molecule has 4 atom stereocenters. The van der Waals surface area contributed by atoms with Crippen molar-refractivity contribution < 1.29 is 0 Å². The van der Waals surface area contributed by atoms with Gasteiger partial charge in [-0.1, -0.05) is 46.5 Å². The van der Waals surface area contributed by atoms with E-state index in [2.05, 4.69) is 33.1 Å². The predicted octanol–water partition coefficient (Wildman–Crippen LogP) is 4.23. The maximum Gasteiger partial charge on any atom is 0.00924 e. The largest absolute Gasteiger partial charge is 0.317 e. The second kappa shape index (κ2) is 7.32. The summed E-state index contributed by atoms with van der Waals surface area (Å²) >= 11 is 0. The Balaban J connectivity index is 2.34. The average molecular weight is 225 g/mol. The average Bonchev–Trinajstić information content (AvgIpc) is 2.65. The summed E-state index contributed by atoms with van der Waals surface area (Å²) in [7, 11) is 2.12. The molecule has 0 heterocycles. The molecule has 1 heteroatoms. The Morgan fingerprint density at radius 2 is 2.00 bits per heavy atom. The zero-order valence-electron chi connectivity index (χ0n) is 11.8. The summed E-state index contributed by atoms with van der Waals surface area (Å²) < 4.78 is 0. The molecule has 16 heavy (non-hydrogen) atoms. The molecule has 0 aliphatic heterocycles. The highest BCUT2D eigenvalue weighted by Crippen LogP contribution is 2.37. The van der Waals surface area contributed by atoms with Crippen LogP contribution in [0.1, 0.15) is 65.7 Å². The maximum atomic E-state index is 3.48. The van der Waals surface area contributed by atoms with Gasteiger partial charge in [-0.3, -0.25) is 0 Å². The summed E-state index contributed by atoms with van der Waals surface area (Å²) in [5.41, 5.74) is 0. The molecule has 0 aromatic rings. The van der Waals surface area contributed by atoms with Gasteiger partial charge in [0.05, 0.1) is 0 Å². The van der Waals surface area contributed by atoms with Gasteiger partial charge in [-0.15, -0.1) is 0 Å². The van der Waals surface area contributed by atoms with E-state index in [1.807, 2.05) is 0 Å². The molecular formula is C15H31N. The normalized spacial score (nSPS) is 31.9. The van der Waals surface area contributed by atoms with E-state index in [9.17, 15) is 0 Å². The third kappa shape index (κ3) is 3.76. The van der Waals surface area contributed by atoms with E-state index in [1.54, 1.807) is 0 Å². The van der Waals surface area contributed by atoms with Gasteiger partial charge in [-0.2, -0.15) is 0 Å². The fourth-order valence-electron chi connectivity index (χ4n) is 3.40. The Hall–Kier alpha value is -0.0400. The topological polar surface area (TPSA) is 12.0 Å². The highest BCUT2D eigenvalue weighted by atomic mass is 14.9. The lowest BCUT2D eigenvalue weighted by atomic mass is 9.83. The van der Waals surface area contributed by atoms with E-state index in [-0.39, 0.29) is 0 Å². The molecule has 4 unspecified atom stereocenters. The molecule has 1 fully saturated rings. The monoisotopic (exact) mass is 225 g/mol. The van der Waals surface area contributed by atoms with Crippen LogP contribution in [0.3, 0.4) is 0 Å². The van der Waals surface area contributed by atoms with Crippen molar-refractivity contribution in [1.82, 2.24) is 5.32 Å². The number of nitrogens with one attached hydrogen (secondary N) is 1. The van der Waals surface area contributed by atoms with Gasteiger partial charge < -0.3 is 5.32 Å². The Labute approximate surface area is 102 Å². The van der Waals surface area contributed by atoms with E-state index >= 15 is 0 Å². The van der Waals surface area contributed by atoms with Crippen LogP contribution < -0.4 is 5.32 Å². The van der Waals surface area contributed by atoms with Crippen LogP contribution in [0.25, 0.3) is 0 Å². The first kappa shape index (κ1) is 14.0. The van der Waals surface area contributed by atoms with Gasteiger partial charge in [-0.25, -0.2) is 0 Å². The first-order valence-corrected chi connectivity index (χ1v) is 7.40. The molecule has 0 aromatic heterocycles. The second-order valence-corrected chi connectivity index (χ2v) is 5.74. The standard InChI is InChI=1S/C15H31N/c1-5-7-8-13(6-2)11-14-9-10-15(16-4)12(14)3/h12-16H,5-11H2,1-4H3. The molecule has 0 radical (unpaired) electrons. The lowest BCUT2D eigenvalue weighted by Gasteiger charge is -2.24. The predicted molar refractivity (Wildman–Crippen MR) is 72.7 cm³/mol. The molecule has 1 nitrogen and oxygen atoms in total. The molecule has 1 saturated carbocycles. The van der Waals surface area contributed by atoms with Crippen LogP contribution in [0.4, 0.5) is 0 Å². The minimum absolute atomic E-state index is 0.786. The SMILES string of the molecule is CCCCC(CC)CC1CCC(NC)C1C. The Kier molecular flexibility index (Phi) is 6.41. The number of unbranched alkanes of at least 4 members (excludes halogenated alkanes) is 1. The summed E-state index contributed by atoms with van der Waals surface area (Å²) in [6.45, 7) is 7.13. The quantitative estimate of drug-likeness (QED) is 0.684. The van der Waals surface area contributed by atoms with Crippen molar-refractivity contribution in [3.8, 4) is 0 Å². The van der Waals surface area contributed by atoms with Crippen LogP contribution in [0, 0.1) is 17.8 Å². The molecule has 0 saturated heterocycles. The molecule has 1 rings (SSSR count). The highest BCUT2D eigenvalue weighted by Gasteiger charge is 2.32. The van der Waals surface area contributed by atoms with Crippen molar-refractivity contribution in [3.05, 3.63) is 0 Å². The van der Waals surface area contributed by atoms with Crippen molar-refractivity contribution >= 4 is 0 Å². The zero-order valence-corrected chi connectivity index (χ0v) is 11.8. The maximum absolute atomic E-state index is 3.48. The van der Waals surface area contributed by atoms with E-state index < -0.39 is 0 Å². The van der Waals surface area contributed by atoms with Crippen molar-refractivity contribution in [2.45, 2.75) is 71.8 Å². The first-order valence-electron chi connectivity index (χ1n) is 7.40. The Morgan fingerprint density at radius 3 is 2.50 bits per heavy atom.